The van der Waals surface area contributed by atoms with Crippen molar-refractivity contribution in [2.75, 3.05) is 6.16 Å². The summed E-state index contributed by atoms with van der Waals surface area (Å²) in [6.07, 6.45) is 0.914. The third-order valence-electron chi connectivity index (χ3n) is 3.47. The van der Waals surface area contributed by atoms with Crippen LogP contribution in [0.5, 0.6) is 0 Å². The van der Waals surface area contributed by atoms with Crippen molar-refractivity contribution in [3.63, 3.8) is 0 Å². The SMILES string of the molecule is Cc1cn([C@H]2C[C@H](N=[N+]=[N-])[C@@H](CCP(O)O)O2)c(=O)[nH]c1=O. The molecule has 11 heteroatoms. The summed E-state index contributed by atoms with van der Waals surface area (Å²) >= 11 is 0. The summed E-state index contributed by atoms with van der Waals surface area (Å²) in [5, 5.41) is 3.64. The Morgan fingerprint density at radius 1 is 1.59 bits per heavy atom. The van der Waals surface area contributed by atoms with Crippen LogP contribution in [0.3, 0.4) is 0 Å². The highest BCUT2D eigenvalue weighted by atomic mass is 31.2. The van der Waals surface area contributed by atoms with Crippen LogP contribution in [0, 0.1) is 6.92 Å². The van der Waals surface area contributed by atoms with Gasteiger partial charge >= 0.3 is 5.69 Å². The van der Waals surface area contributed by atoms with Crippen molar-refractivity contribution in [1.29, 1.82) is 0 Å². The van der Waals surface area contributed by atoms with Crippen molar-refractivity contribution in [3.8, 4) is 0 Å². The van der Waals surface area contributed by atoms with Gasteiger partial charge in [0.05, 0.1) is 12.1 Å². The molecule has 0 aliphatic carbocycles. The van der Waals surface area contributed by atoms with E-state index in [0.29, 0.717) is 12.0 Å². The van der Waals surface area contributed by atoms with Gasteiger partial charge in [0.25, 0.3) is 5.56 Å². The van der Waals surface area contributed by atoms with Gasteiger partial charge in [-0.3, -0.25) is 14.3 Å². The zero-order chi connectivity index (χ0) is 16.3. The molecule has 0 aromatic carbocycles. The predicted octanol–water partition coefficient (Wildman–Crippen LogP) is 0.498. The molecule has 1 aromatic rings. The first-order valence-corrected chi connectivity index (χ1v) is 8.02. The van der Waals surface area contributed by atoms with Gasteiger partial charge in [-0.2, -0.15) is 0 Å². The topological polar surface area (TPSA) is 153 Å². The highest BCUT2D eigenvalue weighted by molar-refractivity contribution is 7.45. The van der Waals surface area contributed by atoms with Crippen molar-refractivity contribution in [2.24, 2.45) is 5.11 Å². The molecule has 1 aliphatic rings. The van der Waals surface area contributed by atoms with Gasteiger partial charge in [-0.05, 0) is 18.9 Å². The predicted molar refractivity (Wildman–Crippen MR) is 78.4 cm³/mol. The minimum Gasteiger partial charge on any atom is -0.354 e. The Bertz CT molecular complexity index is 695. The van der Waals surface area contributed by atoms with Crippen LogP contribution in [-0.2, 0) is 4.74 Å². The quantitative estimate of drug-likeness (QED) is 0.310. The standard InChI is InChI=1S/C11H16N5O5P/c1-6-5-16(11(18)13-10(6)17)9-4-7(14-15-12)8(21-9)2-3-22(19)20/h5,7-9,19-20H,2-4H2,1H3,(H,13,17,18)/t7-,8+,9+/m0/s1. The molecule has 1 saturated heterocycles. The zero-order valence-corrected chi connectivity index (χ0v) is 12.7. The average Bonchev–Trinajstić information content (AvgIpc) is 2.84. The van der Waals surface area contributed by atoms with Crippen molar-refractivity contribution in [2.45, 2.75) is 38.1 Å². The first kappa shape index (κ1) is 16.7. The Morgan fingerprint density at radius 3 is 2.95 bits per heavy atom. The maximum Gasteiger partial charge on any atom is 0.330 e. The molecule has 2 rings (SSSR count). The monoisotopic (exact) mass is 329 g/mol. The van der Waals surface area contributed by atoms with Crippen molar-refractivity contribution >= 4 is 8.38 Å². The van der Waals surface area contributed by atoms with E-state index in [2.05, 4.69) is 15.0 Å². The van der Waals surface area contributed by atoms with E-state index in [0.717, 1.165) is 0 Å². The third-order valence-corrected chi connectivity index (χ3v) is 4.13. The fraction of sp³-hybridized carbons (Fsp3) is 0.636. The van der Waals surface area contributed by atoms with Crippen LogP contribution in [0.2, 0.25) is 0 Å². The minimum atomic E-state index is -2.06. The summed E-state index contributed by atoms with van der Waals surface area (Å²) in [7, 11) is -2.06. The second-order valence-corrected chi connectivity index (χ2v) is 6.19. The van der Waals surface area contributed by atoms with E-state index < -0.39 is 38.0 Å². The molecule has 0 bridgehead atoms. The van der Waals surface area contributed by atoms with E-state index >= 15 is 0 Å². The number of H-pyrrole nitrogens is 1. The van der Waals surface area contributed by atoms with Crippen LogP contribution in [0.25, 0.3) is 10.4 Å². The summed E-state index contributed by atoms with van der Waals surface area (Å²) < 4.78 is 6.95. The van der Waals surface area contributed by atoms with E-state index in [9.17, 15) is 9.59 Å². The Hall–Kier alpha value is -1.70. The summed E-state index contributed by atoms with van der Waals surface area (Å²) in [5.74, 6) is 0. The van der Waals surface area contributed by atoms with Crippen LogP contribution in [0.4, 0.5) is 0 Å². The lowest BCUT2D eigenvalue weighted by Gasteiger charge is -2.16. The van der Waals surface area contributed by atoms with Gasteiger partial charge in [-0.1, -0.05) is 5.11 Å². The molecule has 2 heterocycles. The number of ether oxygens (including phenoxy) is 1. The smallest absolute Gasteiger partial charge is 0.330 e. The molecule has 120 valence electrons. The Morgan fingerprint density at radius 2 is 2.32 bits per heavy atom. The Kier molecular flexibility index (Phi) is 5.33. The van der Waals surface area contributed by atoms with E-state index in [1.54, 1.807) is 6.92 Å². The molecule has 0 saturated carbocycles. The number of hydrogen-bond acceptors (Lipinski definition) is 6. The Balaban J connectivity index is 2.23. The van der Waals surface area contributed by atoms with Crippen LogP contribution >= 0.6 is 8.38 Å². The van der Waals surface area contributed by atoms with Crippen molar-refractivity contribution in [3.05, 3.63) is 43.0 Å². The number of aromatic amines is 1. The number of azide groups is 1. The van der Waals surface area contributed by atoms with E-state index in [1.165, 1.54) is 10.8 Å². The van der Waals surface area contributed by atoms with Gasteiger partial charge in [0.2, 0.25) is 0 Å². The van der Waals surface area contributed by atoms with Gasteiger partial charge in [0.15, 0.2) is 8.38 Å². The molecular formula is C11H16N5O5P. The summed E-state index contributed by atoms with van der Waals surface area (Å²) in [6, 6.07) is -0.510. The molecule has 3 N–H and O–H groups in total. The minimum absolute atomic E-state index is 0.129. The average molecular weight is 329 g/mol. The van der Waals surface area contributed by atoms with Crippen molar-refractivity contribution in [1.82, 2.24) is 9.55 Å². The second-order valence-electron chi connectivity index (χ2n) is 5.00. The molecule has 0 radical (unpaired) electrons. The van der Waals surface area contributed by atoms with Gasteiger partial charge in [0, 0.05) is 29.3 Å². The Labute approximate surface area is 125 Å². The lowest BCUT2D eigenvalue weighted by atomic mass is 10.1. The molecule has 3 atom stereocenters. The van der Waals surface area contributed by atoms with Crippen LogP contribution < -0.4 is 11.2 Å². The van der Waals surface area contributed by atoms with Crippen LogP contribution in [-0.4, -0.2) is 37.6 Å². The first-order valence-electron chi connectivity index (χ1n) is 6.59. The third kappa shape index (κ3) is 3.73. The number of aromatic nitrogens is 2. The summed E-state index contributed by atoms with van der Waals surface area (Å²) in [6.45, 7) is 1.57. The molecule has 1 aliphatic heterocycles. The molecule has 1 fully saturated rings. The van der Waals surface area contributed by atoms with Crippen molar-refractivity contribution < 1.29 is 14.5 Å². The number of hydrogen-bond donors (Lipinski definition) is 3. The maximum atomic E-state index is 11.9. The van der Waals surface area contributed by atoms with Gasteiger partial charge in [0.1, 0.15) is 6.23 Å². The van der Waals surface area contributed by atoms with Gasteiger partial charge in [-0.15, -0.1) is 0 Å². The molecular weight excluding hydrogens is 313 g/mol. The second kappa shape index (κ2) is 7.04. The molecule has 1 aromatic heterocycles. The van der Waals surface area contributed by atoms with Crippen LogP contribution in [0.15, 0.2) is 20.9 Å². The van der Waals surface area contributed by atoms with E-state index in [1.807, 2.05) is 0 Å². The summed E-state index contributed by atoms with van der Waals surface area (Å²) in [4.78, 5) is 46.2. The molecule has 0 spiro atoms. The number of rotatable bonds is 5. The van der Waals surface area contributed by atoms with E-state index in [-0.39, 0.29) is 12.6 Å². The van der Waals surface area contributed by atoms with Gasteiger partial charge in [-0.25, -0.2) is 4.79 Å². The molecule has 0 unspecified atom stereocenters. The highest BCUT2D eigenvalue weighted by Gasteiger charge is 2.36. The normalized spacial score (nSPS) is 24.5. The largest absolute Gasteiger partial charge is 0.354 e. The van der Waals surface area contributed by atoms with Gasteiger partial charge < -0.3 is 14.5 Å². The molecule has 22 heavy (non-hydrogen) atoms. The zero-order valence-electron chi connectivity index (χ0n) is 11.8. The highest BCUT2D eigenvalue weighted by Crippen LogP contribution is 2.34. The lowest BCUT2D eigenvalue weighted by Crippen LogP contribution is -2.33. The summed E-state index contributed by atoms with van der Waals surface area (Å²) in [5.41, 5.74) is 7.90. The molecule has 0 amide bonds. The molecule has 10 nitrogen and oxygen atoms in total. The number of nitrogens with one attached hydrogen (secondary N) is 1. The fourth-order valence-electron chi connectivity index (χ4n) is 2.38. The lowest BCUT2D eigenvalue weighted by molar-refractivity contribution is -0.00405. The van der Waals surface area contributed by atoms with Crippen LogP contribution in [0.1, 0.15) is 24.6 Å². The maximum absolute atomic E-state index is 11.9. The fourth-order valence-corrected chi connectivity index (χ4v) is 2.86. The number of nitrogens with zero attached hydrogens (tertiary/aromatic N) is 4. The van der Waals surface area contributed by atoms with E-state index in [4.69, 9.17) is 20.1 Å². The first-order chi connectivity index (χ1) is 10.4. The number of aryl methyl sites for hydroxylation is 1.